The normalized spacial score (nSPS) is 32.2. The minimum atomic E-state index is 0.262. The number of thioether (sulfide) groups is 1. The molecule has 2 atom stereocenters. The Morgan fingerprint density at radius 2 is 2.27 bits per heavy atom. The monoisotopic (exact) mass is 230 g/mol. The third-order valence-corrected chi connectivity index (χ3v) is 5.30. The molecule has 2 N–H and O–H groups in total. The first-order chi connectivity index (χ1) is 7.17. The van der Waals surface area contributed by atoms with E-state index >= 15 is 0 Å². The van der Waals surface area contributed by atoms with Crippen LogP contribution in [0.25, 0.3) is 0 Å². The maximum Gasteiger partial charge on any atom is 0.0444 e. The molecule has 15 heavy (non-hydrogen) atoms. The van der Waals surface area contributed by atoms with Crippen LogP contribution >= 0.6 is 11.8 Å². The summed E-state index contributed by atoms with van der Waals surface area (Å²) in [5, 5.41) is 0.679. The zero-order valence-corrected chi connectivity index (χ0v) is 11.3. The molecule has 0 saturated carbocycles. The smallest absolute Gasteiger partial charge is 0.0444 e. The average Bonchev–Trinajstić information content (AvgIpc) is 2.27. The van der Waals surface area contributed by atoms with Gasteiger partial charge in [0.15, 0.2) is 0 Å². The highest BCUT2D eigenvalue weighted by atomic mass is 32.2. The second-order valence-corrected chi connectivity index (χ2v) is 6.15. The van der Waals surface area contributed by atoms with Gasteiger partial charge in [0.1, 0.15) is 0 Å². The van der Waals surface area contributed by atoms with Crippen molar-refractivity contribution in [1.29, 1.82) is 0 Å². The van der Waals surface area contributed by atoms with Crippen molar-refractivity contribution in [2.24, 2.45) is 5.73 Å². The molecule has 90 valence electrons. The summed E-state index contributed by atoms with van der Waals surface area (Å²) in [4.78, 5) is 2.52. The molecule has 1 aliphatic rings. The summed E-state index contributed by atoms with van der Waals surface area (Å²) in [6.45, 7) is 6.60. The van der Waals surface area contributed by atoms with Crippen LogP contribution in [-0.2, 0) is 0 Å². The van der Waals surface area contributed by atoms with Crippen LogP contribution in [0.3, 0.4) is 0 Å². The van der Waals surface area contributed by atoms with Gasteiger partial charge in [0.05, 0.1) is 0 Å². The molecule has 1 aliphatic heterocycles. The van der Waals surface area contributed by atoms with E-state index in [1.165, 1.54) is 38.0 Å². The molecule has 2 nitrogen and oxygen atoms in total. The Labute approximate surface area is 99.0 Å². The van der Waals surface area contributed by atoms with Gasteiger partial charge in [0, 0.05) is 17.3 Å². The number of nitrogens with zero attached hydrogens (tertiary/aromatic N) is 1. The van der Waals surface area contributed by atoms with Crippen molar-refractivity contribution in [2.75, 3.05) is 25.9 Å². The lowest BCUT2D eigenvalue weighted by Crippen LogP contribution is -2.59. The van der Waals surface area contributed by atoms with E-state index in [0.717, 1.165) is 6.54 Å². The molecule has 0 aromatic carbocycles. The highest BCUT2D eigenvalue weighted by Gasteiger charge is 2.40. The second-order valence-electron chi connectivity index (χ2n) is 4.70. The van der Waals surface area contributed by atoms with Crippen molar-refractivity contribution in [3.8, 4) is 0 Å². The molecular formula is C12H26N2S. The predicted molar refractivity (Wildman–Crippen MR) is 70.5 cm³/mol. The first-order valence-corrected chi connectivity index (χ1v) is 7.25. The number of hydrogen-bond donors (Lipinski definition) is 1. The molecule has 0 aliphatic carbocycles. The van der Waals surface area contributed by atoms with Gasteiger partial charge in [-0.05, 0) is 38.6 Å². The van der Waals surface area contributed by atoms with Crippen LogP contribution in [0, 0.1) is 0 Å². The Balaban J connectivity index is 2.63. The molecule has 3 heteroatoms. The Bertz CT molecular complexity index is 186. The standard InChI is InChI=1S/C12H26N2S/c1-4-5-8-14(3)12(10-13)7-6-9-15-11(12)2/h11H,4-10,13H2,1-3H3. The molecule has 2 unspecified atom stereocenters. The molecule has 0 bridgehead atoms. The summed E-state index contributed by atoms with van der Waals surface area (Å²) >= 11 is 2.09. The van der Waals surface area contributed by atoms with Crippen molar-refractivity contribution in [3.05, 3.63) is 0 Å². The number of nitrogens with two attached hydrogens (primary N) is 1. The molecule has 0 aromatic rings. The summed E-state index contributed by atoms with van der Waals surface area (Å²) < 4.78 is 0. The number of rotatable bonds is 5. The number of hydrogen-bond acceptors (Lipinski definition) is 3. The van der Waals surface area contributed by atoms with E-state index in [9.17, 15) is 0 Å². The van der Waals surface area contributed by atoms with Gasteiger partial charge in [-0.15, -0.1) is 0 Å². The van der Waals surface area contributed by atoms with Crippen molar-refractivity contribution in [1.82, 2.24) is 4.90 Å². The minimum Gasteiger partial charge on any atom is -0.329 e. The first kappa shape index (κ1) is 13.3. The van der Waals surface area contributed by atoms with Crippen LogP contribution in [-0.4, -0.2) is 41.6 Å². The largest absolute Gasteiger partial charge is 0.329 e. The van der Waals surface area contributed by atoms with Gasteiger partial charge in [-0.25, -0.2) is 0 Å². The van der Waals surface area contributed by atoms with E-state index in [1.54, 1.807) is 0 Å². The fourth-order valence-electron chi connectivity index (χ4n) is 2.54. The summed E-state index contributed by atoms with van der Waals surface area (Å²) in [5.41, 5.74) is 6.31. The molecule has 0 aromatic heterocycles. The van der Waals surface area contributed by atoms with Gasteiger partial charge in [0.25, 0.3) is 0 Å². The Morgan fingerprint density at radius 3 is 2.80 bits per heavy atom. The summed E-state index contributed by atoms with van der Waals surface area (Å²) in [5.74, 6) is 1.31. The van der Waals surface area contributed by atoms with E-state index in [0.29, 0.717) is 5.25 Å². The van der Waals surface area contributed by atoms with Gasteiger partial charge in [-0.1, -0.05) is 20.3 Å². The molecule has 1 fully saturated rings. The van der Waals surface area contributed by atoms with Crippen LogP contribution in [0.5, 0.6) is 0 Å². The third-order valence-electron chi connectivity index (χ3n) is 3.84. The fourth-order valence-corrected chi connectivity index (χ4v) is 3.91. The second kappa shape index (κ2) is 6.12. The Morgan fingerprint density at radius 1 is 1.53 bits per heavy atom. The van der Waals surface area contributed by atoms with E-state index in [2.05, 4.69) is 37.6 Å². The topological polar surface area (TPSA) is 29.3 Å². The Hall–Kier alpha value is 0.270. The van der Waals surface area contributed by atoms with Gasteiger partial charge >= 0.3 is 0 Å². The van der Waals surface area contributed by atoms with E-state index in [-0.39, 0.29) is 5.54 Å². The molecule has 1 rings (SSSR count). The minimum absolute atomic E-state index is 0.262. The van der Waals surface area contributed by atoms with E-state index in [4.69, 9.17) is 5.73 Å². The molecular weight excluding hydrogens is 204 g/mol. The number of unbranched alkanes of at least 4 members (excludes halogenated alkanes) is 1. The van der Waals surface area contributed by atoms with Gasteiger partial charge in [-0.2, -0.15) is 11.8 Å². The van der Waals surface area contributed by atoms with E-state index < -0.39 is 0 Å². The molecule has 0 radical (unpaired) electrons. The van der Waals surface area contributed by atoms with Gasteiger partial charge in [0.2, 0.25) is 0 Å². The maximum absolute atomic E-state index is 6.05. The lowest BCUT2D eigenvalue weighted by atomic mass is 9.87. The zero-order chi connectivity index (χ0) is 11.3. The van der Waals surface area contributed by atoms with Gasteiger partial charge < -0.3 is 5.73 Å². The van der Waals surface area contributed by atoms with Crippen LogP contribution in [0.2, 0.25) is 0 Å². The fraction of sp³-hybridized carbons (Fsp3) is 1.00. The summed E-state index contributed by atoms with van der Waals surface area (Å²) in [6, 6.07) is 0. The van der Waals surface area contributed by atoms with Crippen molar-refractivity contribution in [2.45, 2.75) is 50.3 Å². The maximum atomic E-state index is 6.05. The summed E-state index contributed by atoms with van der Waals surface area (Å²) in [7, 11) is 2.25. The first-order valence-electron chi connectivity index (χ1n) is 6.20. The lowest BCUT2D eigenvalue weighted by molar-refractivity contribution is 0.110. The molecule has 1 saturated heterocycles. The molecule has 0 amide bonds. The highest BCUT2D eigenvalue weighted by molar-refractivity contribution is 8.00. The lowest BCUT2D eigenvalue weighted by Gasteiger charge is -2.48. The van der Waals surface area contributed by atoms with Crippen LogP contribution in [0.4, 0.5) is 0 Å². The van der Waals surface area contributed by atoms with Crippen molar-refractivity contribution in [3.63, 3.8) is 0 Å². The zero-order valence-electron chi connectivity index (χ0n) is 10.5. The quantitative estimate of drug-likeness (QED) is 0.786. The van der Waals surface area contributed by atoms with Gasteiger partial charge in [-0.3, -0.25) is 4.90 Å². The predicted octanol–water partition coefficient (Wildman–Crippen LogP) is 2.33. The highest BCUT2D eigenvalue weighted by Crippen LogP contribution is 2.37. The SMILES string of the molecule is CCCCN(C)C1(CN)CCCSC1C. The van der Waals surface area contributed by atoms with Crippen LogP contribution in [0.15, 0.2) is 0 Å². The van der Waals surface area contributed by atoms with Crippen LogP contribution in [0.1, 0.15) is 39.5 Å². The molecule has 1 heterocycles. The molecule has 0 spiro atoms. The summed E-state index contributed by atoms with van der Waals surface area (Å²) in [6.07, 6.45) is 5.16. The van der Waals surface area contributed by atoms with Crippen molar-refractivity contribution >= 4 is 11.8 Å². The average molecular weight is 230 g/mol. The van der Waals surface area contributed by atoms with Crippen molar-refractivity contribution < 1.29 is 0 Å². The Kier molecular flexibility index (Phi) is 5.44. The number of likely N-dealkylation sites (N-methyl/N-ethyl adjacent to an activating group) is 1. The third kappa shape index (κ3) is 2.89. The van der Waals surface area contributed by atoms with Crippen LogP contribution < -0.4 is 5.73 Å². The van der Waals surface area contributed by atoms with E-state index in [1.807, 2.05) is 0 Å².